The van der Waals surface area contributed by atoms with Gasteiger partial charge < -0.3 is 5.32 Å². The quantitative estimate of drug-likeness (QED) is 0.553. The van der Waals surface area contributed by atoms with E-state index < -0.39 is 0 Å². The first-order chi connectivity index (χ1) is 11.0. The molecule has 2 amide bonds. The van der Waals surface area contributed by atoms with Crippen molar-refractivity contribution in [2.45, 2.75) is 12.8 Å². The second-order valence-corrected chi connectivity index (χ2v) is 7.36. The van der Waals surface area contributed by atoms with Crippen molar-refractivity contribution in [3.63, 3.8) is 0 Å². The Morgan fingerprint density at radius 1 is 1.17 bits per heavy atom. The largest absolute Gasteiger partial charge is 0.325 e. The SMILES string of the molecule is O=C(CCC(=O)Nc1ccccc1Cl)NN=Cc1ccc(Br)s1. The zero-order chi connectivity index (χ0) is 16.7. The van der Waals surface area contributed by atoms with Gasteiger partial charge in [-0.1, -0.05) is 23.7 Å². The van der Waals surface area contributed by atoms with Crippen LogP contribution in [-0.2, 0) is 9.59 Å². The van der Waals surface area contributed by atoms with Gasteiger partial charge in [-0.3, -0.25) is 9.59 Å². The van der Waals surface area contributed by atoms with Crippen LogP contribution in [0.3, 0.4) is 0 Å². The summed E-state index contributed by atoms with van der Waals surface area (Å²) in [6.45, 7) is 0. The molecule has 0 atom stereocenters. The minimum absolute atomic E-state index is 0.0434. The van der Waals surface area contributed by atoms with Crippen LogP contribution in [0.5, 0.6) is 0 Å². The molecule has 0 aliphatic carbocycles. The van der Waals surface area contributed by atoms with Crippen LogP contribution in [0.25, 0.3) is 0 Å². The Bertz CT molecular complexity index is 733. The molecule has 1 heterocycles. The summed E-state index contributed by atoms with van der Waals surface area (Å²) < 4.78 is 0.988. The average molecular weight is 415 g/mol. The summed E-state index contributed by atoms with van der Waals surface area (Å²) in [4.78, 5) is 24.3. The van der Waals surface area contributed by atoms with Gasteiger partial charge in [0, 0.05) is 17.7 Å². The molecule has 0 aliphatic rings. The van der Waals surface area contributed by atoms with Crippen LogP contribution in [0.4, 0.5) is 5.69 Å². The van der Waals surface area contributed by atoms with E-state index in [-0.39, 0.29) is 24.7 Å². The number of thiophene rings is 1. The maximum Gasteiger partial charge on any atom is 0.240 e. The van der Waals surface area contributed by atoms with Crippen LogP contribution < -0.4 is 10.7 Å². The number of hydrogen-bond acceptors (Lipinski definition) is 4. The van der Waals surface area contributed by atoms with E-state index >= 15 is 0 Å². The molecule has 0 radical (unpaired) electrons. The van der Waals surface area contributed by atoms with E-state index in [9.17, 15) is 9.59 Å². The Balaban J connectivity index is 1.72. The van der Waals surface area contributed by atoms with Crippen molar-refractivity contribution in [2.75, 3.05) is 5.32 Å². The van der Waals surface area contributed by atoms with Crippen LogP contribution in [0, 0.1) is 0 Å². The molecule has 2 rings (SSSR count). The molecule has 0 bridgehead atoms. The molecule has 1 aromatic heterocycles. The molecule has 120 valence electrons. The van der Waals surface area contributed by atoms with Crippen molar-refractivity contribution in [3.8, 4) is 0 Å². The number of amides is 2. The lowest BCUT2D eigenvalue weighted by Crippen LogP contribution is -2.20. The molecular weight excluding hydrogens is 402 g/mol. The van der Waals surface area contributed by atoms with E-state index in [1.807, 2.05) is 12.1 Å². The third-order valence-corrected chi connectivity index (χ3v) is 4.59. The summed E-state index contributed by atoms with van der Waals surface area (Å²) in [7, 11) is 0. The number of carbonyl (C=O) groups is 2. The molecule has 1 aromatic carbocycles. The molecular formula is C15H13BrClN3O2S. The highest BCUT2D eigenvalue weighted by Crippen LogP contribution is 2.21. The lowest BCUT2D eigenvalue weighted by Gasteiger charge is -2.06. The number of benzene rings is 1. The summed E-state index contributed by atoms with van der Waals surface area (Å²) in [5.41, 5.74) is 2.92. The van der Waals surface area contributed by atoms with Crippen LogP contribution in [0.1, 0.15) is 17.7 Å². The maximum atomic E-state index is 11.8. The van der Waals surface area contributed by atoms with Crippen LogP contribution >= 0.6 is 38.9 Å². The molecule has 0 saturated carbocycles. The molecule has 0 unspecified atom stereocenters. The lowest BCUT2D eigenvalue weighted by molar-refractivity contribution is -0.124. The summed E-state index contributed by atoms with van der Waals surface area (Å²) in [6, 6.07) is 10.7. The third kappa shape index (κ3) is 6.13. The van der Waals surface area contributed by atoms with Gasteiger partial charge in [-0.25, -0.2) is 5.43 Å². The summed E-state index contributed by atoms with van der Waals surface area (Å²) in [6.07, 6.45) is 1.65. The van der Waals surface area contributed by atoms with Gasteiger partial charge in [-0.05, 0) is 40.2 Å². The highest BCUT2D eigenvalue weighted by atomic mass is 79.9. The van der Waals surface area contributed by atoms with Gasteiger partial charge in [0.05, 0.1) is 20.7 Å². The van der Waals surface area contributed by atoms with Crippen LogP contribution in [-0.4, -0.2) is 18.0 Å². The van der Waals surface area contributed by atoms with Crippen molar-refractivity contribution in [1.82, 2.24) is 5.43 Å². The van der Waals surface area contributed by atoms with E-state index in [4.69, 9.17) is 11.6 Å². The fourth-order valence-electron chi connectivity index (χ4n) is 1.62. The van der Waals surface area contributed by atoms with Gasteiger partial charge in [0.15, 0.2) is 0 Å². The lowest BCUT2D eigenvalue weighted by atomic mass is 10.2. The van der Waals surface area contributed by atoms with Crippen molar-refractivity contribution in [1.29, 1.82) is 0 Å². The third-order valence-electron chi connectivity index (χ3n) is 2.70. The van der Waals surface area contributed by atoms with Gasteiger partial charge in [0.25, 0.3) is 0 Å². The second-order valence-electron chi connectivity index (χ2n) is 4.46. The highest BCUT2D eigenvalue weighted by Gasteiger charge is 2.08. The van der Waals surface area contributed by atoms with Gasteiger partial charge in [0.1, 0.15) is 0 Å². The number of para-hydroxylation sites is 1. The number of anilines is 1. The maximum absolute atomic E-state index is 11.8. The van der Waals surface area contributed by atoms with Crippen LogP contribution in [0.2, 0.25) is 5.02 Å². The first-order valence-electron chi connectivity index (χ1n) is 6.66. The van der Waals surface area contributed by atoms with E-state index in [1.165, 1.54) is 11.3 Å². The standard InChI is InChI=1S/C15H13BrClN3O2S/c16-13-6-5-10(23-13)9-18-20-15(22)8-7-14(21)19-12-4-2-1-3-11(12)17/h1-6,9H,7-8H2,(H,19,21)(H,20,22). The number of rotatable bonds is 6. The zero-order valence-corrected chi connectivity index (χ0v) is 15.0. The molecule has 2 N–H and O–H groups in total. The van der Waals surface area contributed by atoms with Crippen molar-refractivity contribution < 1.29 is 9.59 Å². The summed E-state index contributed by atoms with van der Waals surface area (Å²) in [5, 5.41) is 6.96. The Morgan fingerprint density at radius 3 is 2.61 bits per heavy atom. The monoisotopic (exact) mass is 413 g/mol. The predicted octanol–water partition coefficient (Wildman–Crippen LogP) is 4.03. The molecule has 8 heteroatoms. The molecule has 5 nitrogen and oxygen atoms in total. The smallest absolute Gasteiger partial charge is 0.240 e. The highest BCUT2D eigenvalue weighted by molar-refractivity contribution is 9.11. The normalized spacial score (nSPS) is 10.7. The van der Waals surface area contributed by atoms with E-state index in [0.717, 1.165) is 8.66 Å². The number of carbonyl (C=O) groups excluding carboxylic acids is 2. The predicted molar refractivity (Wildman–Crippen MR) is 97.1 cm³/mol. The Morgan fingerprint density at radius 2 is 1.91 bits per heavy atom. The second kappa shape index (κ2) is 8.81. The molecule has 0 fully saturated rings. The fourth-order valence-corrected chi connectivity index (χ4v) is 3.10. The van der Waals surface area contributed by atoms with E-state index in [2.05, 4.69) is 31.8 Å². The Hall–Kier alpha value is -1.70. The Kier molecular flexibility index (Phi) is 6.76. The van der Waals surface area contributed by atoms with Crippen molar-refractivity contribution in [2.24, 2.45) is 5.10 Å². The number of halogens is 2. The number of hydrogen-bond donors (Lipinski definition) is 2. The van der Waals surface area contributed by atoms with Gasteiger partial charge in [-0.2, -0.15) is 5.10 Å². The summed E-state index contributed by atoms with van der Waals surface area (Å²) >= 11 is 10.8. The molecule has 0 spiro atoms. The van der Waals surface area contributed by atoms with Crippen LogP contribution in [0.15, 0.2) is 45.3 Å². The van der Waals surface area contributed by atoms with Crippen molar-refractivity contribution in [3.05, 3.63) is 50.1 Å². The number of nitrogens with one attached hydrogen (secondary N) is 2. The fraction of sp³-hybridized carbons (Fsp3) is 0.133. The number of hydrazone groups is 1. The molecule has 0 aliphatic heterocycles. The van der Waals surface area contributed by atoms with Gasteiger partial charge in [-0.15, -0.1) is 11.3 Å². The first-order valence-corrected chi connectivity index (χ1v) is 8.65. The van der Waals surface area contributed by atoms with Crippen molar-refractivity contribution >= 4 is 62.6 Å². The topological polar surface area (TPSA) is 70.6 Å². The van der Waals surface area contributed by atoms with Gasteiger partial charge in [0.2, 0.25) is 11.8 Å². The molecule has 23 heavy (non-hydrogen) atoms. The minimum atomic E-state index is -0.328. The average Bonchev–Trinajstić information content (AvgIpc) is 2.93. The summed E-state index contributed by atoms with van der Waals surface area (Å²) in [5.74, 6) is -0.606. The number of nitrogens with zero attached hydrogens (tertiary/aromatic N) is 1. The van der Waals surface area contributed by atoms with E-state index in [1.54, 1.807) is 30.5 Å². The Labute approximate surface area is 150 Å². The zero-order valence-electron chi connectivity index (χ0n) is 11.9. The first kappa shape index (κ1) is 17.7. The van der Waals surface area contributed by atoms with Gasteiger partial charge >= 0.3 is 0 Å². The minimum Gasteiger partial charge on any atom is -0.325 e. The molecule has 0 saturated heterocycles. The molecule has 2 aromatic rings. The van der Waals surface area contributed by atoms with E-state index in [0.29, 0.717) is 10.7 Å².